The first-order valence-electron chi connectivity index (χ1n) is 8.82. The fourth-order valence-corrected chi connectivity index (χ4v) is 3.33. The van der Waals surface area contributed by atoms with E-state index >= 15 is 0 Å². The summed E-state index contributed by atoms with van der Waals surface area (Å²) in [6.07, 6.45) is 8.33. The highest BCUT2D eigenvalue weighted by Crippen LogP contribution is 2.27. The van der Waals surface area contributed by atoms with Gasteiger partial charge in [-0.2, -0.15) is 5.10 Å². The number of hydrogen-bond donors (Lipinski definition) is 1. The van der Waals surface area contributed by atoms with E-state index in [1.54, 1.807) is 46.6 Å². The van der Waals surface area contributed by atoms with Crippen LogP contribution in [0, 0.1) is 5.82 Å². The van der Waals surface area contributed by atoms with Gasteiger partial charge in [0.25, 0.3) is 0 Å². The third-order valence-electron chi connectivity index (χ3n) is 4.76. The lowest BCUT2D eigenvalue weighted by atomic mass is 9.93. The monoisotopic (exact) mass is 366 g/mol. The number of piperidine rings is 1. The number of carbonyl (C=O) groups excluding carboxylic acids is 1. The lowest BCUT2D eigenvalue weighted by molar-refractivity contribution is 0.194. The molecule has 27 heavy (non-hydrogen) atoms. The first-order chi connectivity index (χ1) is 13.2. The number of anilines is 1. The Bertz CT molecular complexity index is 907. The zero-order chi connectivity index (χ0) is 18.6. The number of amides is 2. The number of halogens is 1. The Morgan fingerprint density at radius 3 is 2.74 bits per heavy atom. The Labute approximate surface area is 155 Å². The zero-order valence-electron chi connectivity index (χ0n) is 14.6. The molecule has 1 fully saturated rings. The third-order valence-corrected chi connectivity index (χ3v) is 4.76. The number of nitrogens with one attached hydrogen (secondary N) is 1. The smallest absolute Gasteiger partial charge is 0.321 e. The van der Waals surface area contributed by atoms with E-state index in [4.69, 9.17) is 0 Å². The van der Waals surface area contributed by atoms with Gasteiger partial charge >= 0.3 is 6.03 Å². The van der Waals surface area contributed by atoms with Gasteiger partial charge in [-0.1, -0.05) is 0 Å². The van der Waals surface area contributed by atoms with Crippen molar-refractivity contribution >= 4 is 11.7 Å². The van der Waals surface area contributed by atoms with Gasteiger partial charge < -0.3 is 10.2 Å². The van der Waals surface area contributed by atoms with Gasteiger partial charge in [0.05, 0.1) is 11.4 Å². The molecule has 1 saturated heterocycles. The number of urea groups is 1. The van der Waals surface area contributed by atoms with E-state index in [1.165, 1.54) is 12.1 Å². The highest BCUT2D eigenvalue weighted by atomic mass is 19.1. The number of carbonyl (C=O) groups is 1. The molecule has 1 aliphatic heterocycles. The van der Waals surface area contributed by atoms with Crippen molar-refractivity contribution in [2.24, 2.45) is 0 Å². The number of hydrogen-bond acceptors (Lipinski definition) is 4. The second kappa shape index (κ2) is 7.53. The van der Waals surface area contributed by atoms with Gasteiger partial charge in [-0.3, -0.25) is 0 Å². The minimum Gasteiger partial charge on any atom is -0.324 e. The van der Waals surface area contributed by atoms with Crippen LogP contribution in [0.25, 0.3) is 5.69 Å². The van der Waals surface area contributed by atoms with E-state index < -0.39 is 5.82 Å². The van der Waals surface area contributed by atoms with Crippen LogP contribution < -0.4 is 5.32 Å². The standard InChI is InChI=1S/C19H19FN6O/c20-15-2-3-18(26-9-1-7-23-26)17(12-15)24-19(27)25-10-5-14(6-11-25)16-4-8-21-13-22-16/h1-4,7-9,12-14H,5-6,10-11H2,(H,24,27). The van der Waals surface area contributed by atoms with Crippen molar-refractivity contribution in [3.63, 3.8) is 0 Å². The summed E-state index contributed by atoms with van der Waals surface area (Å²) in [5.41, 5.74) is 2.02. The average Bonchev–Trinajstić information content (AvgIpc) is 3.23. The van der Waals surface area contributed by atoms with Crippen molar-refractivity contribution in [2.75, 3.05) is 18.4 Å². The summed E-state index contributed by atoms with van der Waals surface area (Å²) >= 11 is 0. The summed E-state index contributed by atoms with van der Waals surface area (Å²) in [5.74, 6) is -0.0884. The molecule has 0 atom stereocenters. The van der Waals surface area contributed by atoms with Crippen LogP contribution in [0.4, 0.5) is 14.9 Å². The normalized spacial score (nSPS) is 14.9. The SMILES string of the molecule is O=C(Nc1cc(F)ccc1-n1cccn1)N1CCC(c2ccncn2)CC1. The molecule has 8 heteroatoms. The van der Waals surface area contributed by atoms with Crippen LogP contribution in [0.3, 0.4) is 0 Å². The molecule has 0 unspecified atom stereocenters. The maximum atomic E-state index is 13.7. The van der Waals surface area contributed by atoms with E-state index in [2.05, 4.69) is 20.4 Å². The van der Waals surface area contributed by atoms with Crippen LogP contribution in [-0.4, -0.2) is 43.8 Å². The molecule has 2 amide bonds. The first-order valence-corrected chi connectivity index (χ1v) is 8.82. The van der Waals surface area contributed by atoms with Gasteiger partial charge in [0.15, 0.2) is 0 Å². The fraction of sp³-hybridized carbons (Fsp3) is 0.263. The second-order valence-corrected chi connectivity index (χ2v) is 6.44. The van der Waals surface area contributed by atoms with Crippen LogP contribution >= 0.6 is 0 Å². The maximum absolute atomic E-state index is 13.7. The van der Waals surface area contributed by atoms with Gasteiger partial charge in [0.1, 0.15) is 12.1 Å². The lowest BCUT2D eigenvalue weighted by Crippen LogP contribution is -2.40. The Morgan fingerprint density at radius 1 is 1.19 bits per heavy atom. The summed E-state index contributed by atoms with van der Waals surface area (Å²) in [6, 6.07) is 7.70. The summed E-state index contributed by atoms with van der Waals surface area (Å²) < 4.78 is 15.3. The van der Waals surface area contributed by atoms with Crippen LogP contribution in [-0.2, 0) is 0 Å². The van der Waals surface area contributed by atoms with Crippen molar-refractivity contribution in [2.45, 2.75) is 18.8 Å². The van der Waals surface area contributed by atoms with Crippen LogP contribution in [0.5, 0.6) is 0 Å². The Balaban J connectivity index is 1.44. The molecule has 0 spiro atoms. The number of benzene rings is 1. The molecule has 138 valence electrons. The van der Waals surface area contributed by atoms with Crippen LogP contribution in [0.15, 0.2) is 55.2 Å². The number of likely N-dealkylation sites (tertiary alicyclic amines) is 1. The predicted molar refractivity (Wildman–Crippen MR) is 98.1 cm³/mol. The van der Waals surface area contributed by atoms with Gasteiger partial charge in [0, 0.05) is 43.3 Å². The highest BCUT2D eigenvalue weighted by Gasteiger charge is 2.25. The molecule has 0 bridgehead atoms. The molecule has 3 aromatic rings. The van der Waals surface area contributed by atoms with Crippen LogP contribution in [0.2, 0.25) is 0 Å². The lowest BCUT2D eigenvalue weighted by Gasteiger charge is -2.31. The first kappa shape index (κ1) is 17.1. The van der Waals surface area contributed by atoms with E-state index in [9.17, 15) is 9.18 Å². The number of aromatic nitrogens is 4. The van der Waals surface area contributed by atoms with E-state index in [-0.39, 0.29) is 6.03 Å². The molecular formula is C19H19FN6O. The average molecular weight is 366 g/mol. The Kier molecular flexibility index (Phi) is 4.78. The van der Waals surface area contributed by atoms with E-state index in [1.807, 2.05) is 6.07 Å². The van der Waals surface area contributed by atoms with Crippen molar-refractivity contribution in [1.29, 1.82) is 0 Å². The fourth-order valence-electron chi connectivity index (χ4n) is 3.33. The summed E-state index contributed by atoms with van der Waals surface area (Å²) in [7, 11) is 0. The molecule has 1 aromatic carbocycles. The highest BCUT2D eigenvalue weighted by molar-refractivity contribution is 5.91. The largest absolute Gasteiger partial charge is 0.324 e. The Hall–Kier alpha value is -3.29. The van der Waals surface area contributed by atoms with Gasteiger partial charge in [0.2, 0.25) is 0 Å². The summed E-state index contributed by atoms with van der Waals surface area (Å²) in [6.45, 7) is 1.24. The molecule has 1 N–H and O–H groups in total. The molecular weight excluding hydrogens is 347 g/mol. The summed E-state index contributed by atoms with van der Waals surface area (Å²) in [5, 5.41) is 6.98. The van der Waals surface area contributed by atoms with Gasteiger partial charge in [-0.25, -0.2) is 23.8 Å². The van der Waals surface area contributed by atoms with E-state index in [0.717, 1.165) is 18.5 Å². The zero-order valence-corrected chi connectivity index (χ0v) is 14.6. The molecule has 0 radical (unpaired) electrons. The topological polar surface area (TPSA) is 75.9 Å². The number of nitrogens with zero attached hydrogens (tertiary/aromatic N) is 5. The molecule has 0 aliphatic carbocycles. The van der Waals surface area contributed by atoms with E-state index in [0.29, 0.717) is 30.4 Å². The van der Waals surface area contributed by atoms with Crippen molar-refractivity contribution in [3.05, 3.63) is 66.8 Å². The molecule has 4 rings (SSSR count). The quantitative estimate of drug-likeness (QED) is 0.772. The molecule has 0 saturated carbocycles. The van der Waals surface area contributed by atoms with Crippen molar-refractivity contribution in [1.82, 2.24) is 24.6 Å². The maximum Gasteiger partial charge on any atom is 0.321 e. The summed E-state index contributed by atoms with van der Waals surface area (Å²) in [4.78, 5) is 22.7. The predicted octanol–water partition coefficient (Wildman–Crippen LogP) is 3.21. The second-order valence-electron chi connectivity index (χ2n) is 6.44. The van der Waals surface area contributed by atoms with Crippen LogP contribution in [0.1, 0.15) is 24.5 Å². The van der Waals surface area contributed by atoms with Crippen molar-refractivity contribution in [3.8, 4) is 5.69 Å². The molecule has 3 heterocycles. The third kappa shape index (κ3) is 3.79. The molecule has 1 aliphatic rings. The minimum absolute atomic E-state index is 0.241. The van der Waals surface area contributed by atoms with Gasteiger partial charge in [-0.05, 0) is 43.2 Å². The molecule has 2 aromatic heterocycles. The van der Waals surface area contributed by atoms with Crippen molar-refractivity contribution < 1.29 is 9.18 Å². The van der Waals surface area contributed by atoms with Gasteiger partial charge in [-0.15, -0.1) is 0 Å². The Morgan fingerprint density at radius 2 is 2.04 bits per heavy atom. The molecule has 7 nitrogen and oxygen atoms in total. The number of rotatable bonds is 3. The minimum atomic E-state index is -0.413.